The first-order valence-electron chi connectivity index (χ1n) is 7.54. The number of carbonyl (C=O) groups is 2. The number of ether oxygens (including phenoxy) is 1. The molecule has 0 aliphatic carbocycles. The summed E-state index contributed by atoms with van der Waals surface area (Å²) in [6, 6.07) is 7.68. The number of amides is 2. The molecule has 0 radical (unpaired) electrons. The Hall–Kier alpha value is -1.56. The van der Waals surface area contributed by atoms with E-state index in [1.807, 2.05) is 24.3 Å². The van der Waals surface area contributed by atoms with Gasteiger partial charge in [0, 0.05) is 24.1 Å². The van der Waals surface area contributed by atoms with Crippen LogP contribution < -0.4 is 5.32 Å². The maximum Gasteiger partial charge on any atom is 0.317 e. The van der Waals surface area contributed by atoms with Gasteiger partial charge in [0.05, 0.1) is 12.5 Å². The van der Waals surface area contributed by atoms with E-state index in [1.54, 1.807) is 11.8 Å². The molecule has 2 rings (SSSR count). The van der Waals surface area contributed by atoms with Gasteiger partial charge in [-0.2, -0.15) is 0 Å². The SMILES string of the molecule is CCOC(=O)C1CCCN(C(=O)NCc2ccc(Br)cc2)C1. The molecule has 1 atom stereocenters. The van der Waals surface area contributed by atoms with E-state index in [-0.39, 0.29) is 17.9 Å². The van der Waals surface area contributed by atoms with Crippen LogP contribution >= 0.6 is 15.9 Å². The second kappa shape index (κ2) is 8.17. The van der Waals surface area contributed by atoms with Crippen molar-refractivity contribution < 1.29 is 14.3 Å². The smallest absolute Gasteiger partial charge is 0.317 e. The lowest BCUT2D eigenvalue weighted by Gasteiger charge is -2.31. The lowest BCUT2D eigenvalue weighted by molar-refractivity contribution is -0.149. The third-order valence-electron chi connectivity index (χ3n) is 3.69. The highest BCUT2D eigenvalue weighted by Gasteiger charge is 2.29. The number of likely N-dealkylation sites (tertiary alicyclic amines) is 1. The van der Waals surface area contributed by atoms with Gasteiger partial charge in [0.1, 0.15) is 0 Å². The van der Waals surface area contributed by atoms with Crippen LogP contribution in [0.2, 0.25) is 0 Å². The molecule has 0 spiro atoms. The topological polar surface area (TPSA) is 58.6 Å². The monoisotopic (exact) mass is 368 g/mol. The lowest BCUT2D eigenvalue weighted by Crippen LogP contribution is -2.47. The van der Waals surface area contributed by atoms with Crippen LogP contribution in [0.3, 0.4) is 0 Å². The number of hydrogen-bond donors (Lipinski definition) is 1. The number of benzene rings is 1. The van der Waals surface area contributed by atoms with Crippen molar-refractivity contribution in [1.29, 1.82) is 0 Å². The summed E-state index contributed by atoms with van der Waals surface area (Å²) in [7, 11) is 0. The van der Waals surface area contributed by atoms with Crippen LogP contribution in [0, 0.1) is 5.92 Å². The van der Waals surface area contributed by atoms with Crippen molar-refractivity contribution in [1.82, 2.24) is 10.2 Å². The summed E-state index contributed by atoms with van der Waals surface area (Å²) < 4.78 is 6.06. The lowest BCUT2D eigenvalue weighted by atomic mass is 9.98. The van der Waals surface area contributed by atoms with Crippen molar-refractivity contribution in [3.05, 3.63) is 34.3 Å². The molecule has 2 amide bonds. The maximum absolute atomic E-state index is 12.2. The number of nitrogens with zero attached hydrogens (tertiary/aromatic N) is 1. The zero-order valence-corrected chi connectivity index (χ0v) is 14.3. The summed E-state index contributed by atoms with van der Waals surface area (Å²) in [6.45, 7) is 3.77. The molecule has 0 aromatic heterocycles. The van der Waals surface area contributed by atoms with Gasteiger partial charge in [-0.3, -0.25) is 4.79 Å². The highest BCUT2D eigenvalue weighted by Crippen LogP contribution is 2.18. The Balaban J connectivity index is 1.83. The molecule has 5 nitrogen and oxygen atoms in total. The van der Waals surface area contributed by atoms with Crippen molar-refractivity contribution >= 4 is 27.9 Å². The third kappa shape index (κ3) is 4.73. The van der Waals surface area contributed by atoms with Crippen molar-refractivity contribution in [3.63, 3.8) is 0 Å². The van der Waals surface area contributed by atoms with Crippen LogP contribution in [0.1, 0.15) is 25.3 Å². The molecule has 1 aliphatic rings. The second-order valence-corrected chi connectivity index (χ2v) is 6.24. The molecular formula is C16H21BrN2O3. The van der Waals surface area contributed by atoms with Gasteiger partial charge in [0.2, 0.25) is 0 Å². The zero-order chi connectivity index (χ0) is 15.9. The molecule has 1 heterocycles. The number of piperidine rings is 1. The fraction of sp³-hybridized carbons (Fsp3) is 0.500. The quantitative estimate of drug-likeness (QED) is 0.831. The Morgan fingerprint density at radius 1 is 1.36 bits per heavy atom. The molecule has 1 aromatic rings. The second-order valence-electron chi connectivity index (χ2n) is 5.32. The van der Waals surface area contributed by atoms with Crippen LogP contribution in [0.5, 0.6) is 0 Å². The van der Waals surface area contributed by atoms with E-state index < -0.39 is 0 Å². The fourth-order valence-electron chi connectivity index (χ4n) is 2.51. The average molecular weight is 369 g/mol. The standard InChI is InChI=1S/C16H21BrN2O3/c1-2-22-15(20)13-4-3-9-19(11-13)16(21)18-10-12-5-7-14(17)8-6-12/h5-8,13H,2-4,9-11H2,1H3,(H,18,21). The van der Waals surface area contributed by atoms with E-state index in [4.69, 9.17) is 4.74 Å². The van der Waals surface area contributed by atoms with E-state index >= 15 is 0 Å². The van der Waals surface area contributed by atoms with Crippen molar-refractivity contribution in [2.75, 3.05) is 19.7 Å². The Bertz CT molecular complexity index is 519. The molecule has 120 valence electrons. The van der Waals surface area contributed by atoms with Gasteiger partial charge in [0.25, 0.3) is 0 Å². The maximum atomic E-state index is 12.2. The number of carbonyl (C=O) groups excluding carboxylic acids is 2. The number of urea groups is 1. The molecule has 22 heavy (non-hydrogen) atoms. The Morgan fingerprint density at radius 3 is 2.77 bits per heavy atom. The van der Waals surface area contributed by atoms with Gasteiger partial charge in [-0.05, 0) is 37.5 Å². The molecule has 1 N–H and O–H groups in total. The number of esters is 1. The molecular weight excluding hydrogens is 348 g/mol. The van der Waals surface area contributed by atoms with Crippen LogP contribution in [0.15, 0.2) is 28.7 Å². The van der Waals surface area contributed by atoms with Crippen LogP contribution in [0.25, 0.3) is 0 Å². The molecule has 0 saturated carbocycles. The van der Waals surface area contributed by atoms with Gasteiger partial charge in [-0.25, -0.2) is 4.79 Å². The molecule has 1 unspecified atom stereocenters. The highest BCUT2D eigenvalue weighted by molar-refractivity contribution is 9.10. The van der Waals surface area contributed by atoms with Gasteiger partial charge in [0.15, 0.2) is 0 Å². The van der Waals surface area contributed by atoms with E-state index in [2.05, 4.69) is 21.2 Å². The predicted molar refractivity (Wildman–Crippen MR) is 87.3 cm³/mol. The Morgan fingerprint density at radius 2 is 2.09 bits per heavy atom. The number of halogens is 1. The van der Waals surface area contributed by atoms with E-state index in [0.29, 0.717) is 26.2 Å². The molecule has 0 bridgehead atoms. The van der Waals surface area contributed by atoms with Gasteiger partial charge in [-0.1, -0.05) is 28.1 Å². The minimum atomic E-state index is -0.202. The summed E-state index contributed by atoms with van der Waals surface area (Å²) in [6.07, 6.45) is 1.62. The minimum absolute atomic E-state index is 0.128. The summed E-state index contributed by atoms with van der Waals surface area (Å²) in [5.74, 6) is -0.403. The Labute approximate surface area is 139 Å². The number of rotatable bonds is 4. The first-order chi connectivity index (χ1) is 10.6. The fourth-order valence-corrected chi connectivity index (χ4v) is 2.77. The normalized spacial score (nSPS) is 17.9. The van der Waals surface area contributed by atoms with Crippen LogP contribution in [-0.4, -0.2) is 36.6 Å². The van der Waals surface area contributed by atoms with Gasteiger partial charge >= 0.3 is 12.0 Å². The highest BCUT2D eigenvalue weighted by atomic mass is 79.9. The summed E-state index contributed by atoms with van der Waals surface area (Å²) in [4.78, 5) is 25.7. The van der Waals surface area contributed by atoms with Crippen LogP contribution in [-0.2, 0) is 16.1 Å². The molecule has 1 fully saturated rings. The molecule has 6 heteroatoms. The first-order valence-corrected chi connectivity index (χ1v) is 8.33. The van der Waals surface area contributed by atoms with Gasteiger partial charge in [-0.15, -0.1) is 0 Å². The van der Waals surface area contributed by atoms with Crippen molar-refractivity contribution in [3.8, 4) is 0 Å². The first kappa shape index (κ1) is 16.8. The zero-order valence-electron chi connectivity index (χ0n) is 12.7. The Kier molecular flexibility index (Phi) is 6.24. The van der Waals surface area contributed by atoms with Gasteiger partial charge < -0.3 is 15.0 Å². The van der Waals surface area contributed by atoms with E-state index in [1.165, 1.54) is 0 Å². The van der Waals surface area contributed by atoms with Crippen LogP contribution in [0.4, 0.5) is 4.79 Å². The molecule has 1 aromatic carbocycles. The summed E-state index contributed by atoms with van der Waals surface area (Å²) >= 11 is 3.38. The largest absolute Gasteiger partial charge is 0.466 e. The third-order valence-corrected chi connectivity index (χ3v) is 4.21. The number of hydrogen-bond acceptors (Lipinski definition) is 3. The predicted octanol–water partition coefficient (Wildman–Crippen LogP) is 2.93. The summed E-state index contributed by atoms with van der Waals surface area (Å²) in [5.41, 5.74) is 1.04. The van der Waals surface area contributed by atoms with Crippen molar-refractivity contribution in [2.45, 2.75) is 26.3 Å². The molecule has 1 aliphatic heterocycles. The van der Waals surface area contributed by atoms with Crippen molar-refractivity contribution in [2.24, 2.45) is 5.92 Å². The average Bonchev–Trinajstić information content (AvgIpc) is 2.54. The summed E-state index contributed by atoms with van der Waals surface area (Å²) in [5, 5.41) is 2.90. The van der Waals surface area contributed by atoms with E-state index in [9.17, 15) is 9.59 Å². The van der Waals surface area contributed by atoms with E-state index in [0.717, 1.165) is 22.9 Å². The molecule has 1 saturated heterocycles. The number of nitrogens with one attached hydrogen (secondary N) is 1. The minimum Gasteiger partial charge on any atom is -0.466 e.